The van der Waals surface area contributed by atoms with Crippen molar-refractivity contribution in [2.24, 2.45) is 0 Å². The lowest BCUT2D eigenvalue weighted by molar-refractivity contribution is -0.104. The molecule has 0 N–H and O–H groups in total. The molecule has 1 atom stereocenters. The minimum absolute atomic E-state index is 0.218. The van der Waals surface area contributed by atoms with E-state index in [-0.39, 0.29) is 24.4 Å². The fraction of sp³-hybridized carbons (Fsp3) is 0.632. The first kappa shape index (κ1) is 19.4. The van der Waals surface area contributed by atoms with E-state index in [9.17, 15) is 13.6 Å². The molecule has 0 radical (unpaired) electrons. The molecule has 1 aliphatic heterocycles. The number of rotatable bonds is 9. The number of unbranched alkanes of at least 4 members (excludes halogenated alkanes) is 6. The molecule has 0 spiro atoms. The number of carbonyl (C=O) groups is 1. The number of Topliss-reactive ketones (excluding diaryl/α,β-unsaturated/α-hetero) is 1. The van der Waals surface area contributed by atoms with Crippen LogP contribution in [0.15, 0.2) is 22.7 Å². The number of hydrogen-bond donors (Lipinski definition) is 0. The molecule has 0 aliphatic carbocycles. The summed E-state index contributed by atoms with van der Waals surface area (Å²) in [7, 11) is 0. The topological polar surface area (TPSA) is 26.3 Å². The normalized spacial score (nSPS) is 17.5. The van der Waals surface area contributed by atoms with Crippen LogP contribution in [0.25, 0.3) is 0 Å². The van der Waals surface area contributed by atoms with Gasteiger partial charge in [-0.3, -0.25) is 4.79 Å². The molecular weight excluding hydrogens is 378 g/mol. The van der Waals surface area contributed by atoms with Gasteiger partial charge in [-0.25, -0.2) is 8.78 Å². The Morgan fingerprint density at radius 3 is 2.54 bits per heavy atom. The van der Waals surface area contributed by atoms with E-state index in [1.807, 2.05) is 0 Å². The van der Waals surface area contributed by atoms with Crippen molar-refractivity contribution >= 4 is 21.7 Å². The molecule has 1 aromatic rings. The summed E-state index contributed by atoms with van der Waals surface area (Å²) in [6.07, 6.45) is 5.14. The summed E-state index contributed by atoms with van der Waals surface area (Å²) in [6.45, 7) is 2.16. The van der Waals surface area contributed by atoms with Gasteiger partial charge in [-0.15, -0.1) is 0 Å². The standard InChI is InChI=1S/C19H25BrF2O2/c1-2-3-4-5-6-7-8-11-19(21,22)18-13-16(23)15-12-14(20)9-10-17(15)24-18/h9-10,12,18H,2-8,11,13H2,1H3. The maximum atomic E-state index is 14.4. The molecule has 0 aromatic heterocycles. The third-order valence-electron chi connectivity index (χ3n) is 4.47. The van der Waals surface area contributed by atoms with E-state index in [0.29, 0.717) is 12.0 Å². The number of fused-ring (bicyclic) bond motifs is 1. The van der Waals surface area contributed by atoms with E-state index in [2.05, 4.69) is 22.9 Å². The van der Waals surface area contributed by atoms with Crippen molar-refractivity contribution in [1.82, 2.24) is 0 Å². The van der Waals surface area contributed by atoms with Crippen LogP contribution in [0.5, 0.6) is 5.75 Å². The third-order valence-corrected chi connectivity index (χ3v) is 4.96. The summed E-state index contributed by atoms with van der Waals surface area (Å²) in [5.41, 5.74) is 0.382. The Kier molecular flexibility index (Phi) is 7.20. The van der Waals surface area contributed by atoms with Crippen LogP contribution in [0.1, 0.15) is 75.1 Å². The van der Waals surface area contributed by atoms with Crippen molar-refractivity contribution in [2.75, 3.05) is 0 Å². The van der Waals surface area contributed by atoms with Gasteiger partial charge in [-0.2, -0.15) is 0 Å². The lowest BCUT2D eigenvalue weighted by Gasteiger charge is -2.31. The quantitative estimate of drug-likeness (QED) is 0.437. The number of ether oxygens (including phenoxy) is 1. The molecule has 5 heteroatoms. The van der Waals surface area contributed by atoms with E-state index < -0.39 is 12.0 Å². The van der Waals surface area contributed by atoms with Crippen molar-refractivity contribution in [3.05, 3.63) is 28.2 Å². The molecule has 0 fully saturated rings. The van der Waals surface area contributed by atoms with Gasteiger partial charge in [0.05, 0.1) is 12.0 Å². The summed E-state index contributed by atoms with van der Waals surface area (Å²) in [4.78, 5) is 12.1. The Bertz CT molecular complexity index is 560. The lowest BCUT2D eigenvalue weighted by Crippen LogP contribution is -2.42. The molecule has 1 aliphatic rings. The van der Waals surface area contributed by atoms with Crippen LogP contribution in [0, 0.1) is 0 Å². The Morgan fingerprint density at radius 1 is 1.17 bits per heavy atom. The van der Waals surface area contributed by atoms with Crippen molar-refractivity contribution < 1.29 is 18.3 Å². The zero-order valence-electron chi connectivity index (χ0n) is 14.1. The molecule has 24 heavy (non-hydrogen) atoms. The Balaban J connectivity index is 1.84. The molecule has 134 valence electrons. The summed E-state index contributed by atoms with van der Waals surface area (Å²) < 4.78 is 35.0. The van der Waals surface area contributed by atoms with Crippen LogP contribution in [0.3, 0.4) is 0 Å². The molecule has 1 heterocycles. The highest BCUT2D eigenvalue weighted by atomic mass is 79.9. The second-order valence-electron chi connectivity index (χ2n) is 6.51. The van der Waals surface area contributed by atoms with Gasteiger partial charge in [0.1, 0.15) is 5.75 Å². The molecule has 2 rings (SSSR count). The largest absolute Gasteiger partial charge is 0.483 e. The van der Waals surface area contributed by atoms with Gasteiger partial charge in [0, 0.05) is 10.9 Å². The molecule has 0 saturated heterocycles. The first-order valence-electron chi connectivity index (χ1n) is 8.81. The van der Waals surface area contributed by atoms with Gasteiger partial charge >= 0.3 is 0 Å². The van der Waals surface area contributed by atoms with E-state index >= 15 is 0 Å². The zero-order valence-corrected chi connectivity index (χ0v) is 15.7. The number of ketones is 1. The summed E-state index contributed by atoms with van der Waals surface area (Å²) in [6, 6.07) is 4.90. The summed E-state index contributed by atoms with van der Waals surface area (Å²) in [5, 5.41) is 0. The Hall–Kier alpha value is -0.970. The van der Waals surface area contributed by atoms with Crippen LogP contribution in [0.4, 0.5) is 8.78 Å². The van der Waals surface area contributed by atoms with Crippen LogP contribution >= 0.6 is 15.9 Å². The molecular formula is C19H25BrF2O2. The molecule has 0 amide bonds. The van der Waals surface area contributed by atoms with E-state index in [4.69, 9.17) is 4.74 Å². The van der Waals surface area contributed by atoms with Gasteiger partial charge in [0.15, 0.2) is 11.9 Å². The summed E-state index contributed by atoms with van der Waals surface area (Å²) >= 11 is 3.28. The van der Waals surface area contributed by atoms with Crippen molar-refractivity contribution in [3.63, 3.8) is 0 Å². The van der Waals surface area contributed by atoms with Gasteiger partial charge in [-0.1, -0.05) is 61.4 Å². The van der Waals surface area contributed by atoms with Crippen LogP contribution in [-0.4, -0.2) is 17.8 Å². The number of benzene rings is 1. The summed E-state index contributed by atoms with van der Waals surface area (Å²) in [5.74, 6) is -2.98. The average Bonchev–Trinajstić information content (AvgIpc) is 2.54. The van der Waals surface area contributed by atoms with E-state index in [1.165, 1.54) is 19.3 Å². The van der Waals surface area contributed by atoms with Crippen LogP contribution in [-0.2, 0) is 0 Å². The predicted molar refractivity (Wildman–Crippen MR) is 95.1 cm³/mol. The first-order valence-corrected chi connectivity index (χ1v) is 9.60. The van der Waals surface area contributed by atoms with Crippen molar-refractivity contribution in [3.8, 4) is 5.75 Å². The molecule has 1 unspecified atom stereocenters. The molecule has 0 saturated carbocycles. The SMILES string of the molecule is CCCCCCCCCC(F)(F)C1CC(=O)c2cc(Br)ccc2O1. The first-order chi connectivity index (χ1) is 11.4. The van der Waals surface area contributed by atoms with Gasteiger partial charge in [0.2, 0.25) is 0 Å². The second kappa shape index (κ2) is 8.93. The van der Waals surface area contributed by atoms with Crippen molar-refractivity contribution in [2.45, 2.75) is 76.7 Å². The van der Waals surface area contributed by atoms with Crippen LogP contribution < -0.4 is 4.74 Å². The third kappa shape index (κ3) is 5.27. The molecule has 2 nitrogen and oxygen atoms in total. The highest BCUT2D eigenvalue weighted by Crippen LogP contribution is 2.37. The Labute approximate surface area is 151 Å². The smallest absolute Gasteiger partial charge is 0.284 e. The maximum Gasteiger partial charge on any atom is 0.284 e. The fourth-order valence-electron chi connectivity index (χ4n) is 3.01. The highest BCUT2D eigenvalue weighted by Gasteiger charge is 2.44. The van der Waals surface area contributed by atoms with E-state index in [1.54, 1.807) is 18.2 Å². The van der Waals surface area contributed by atoms with Gasteiger partial charge < -0.3 is 4.74 Å². The zero-order chi connectivity index (χ0) is 17.6. The van der Waals surface area contributed by atoms with Gasteiger partial charge in [0.25, 0.3) is 5.92 Å². The lowest BCUT2D eigenvalue weighted by atomic mass is 9.94. The minimum atomic E-state index is -2.97. The van der Waals surface area contributed by atoms with E-state index in [0.717, 1.165) is 23.7 Å². The number of halogens is 3. The van der Waals surface area contributed by atoms with Gasteiger partial charge in [-0.05, 0) is 24.6 Å². The Morgan fingerprint density at radius 2 is 1.83 bits per heavy atom. The highest BCUT2D eigenvalue weighted by molar-refractivity contribution is 9.10. The number of hydrogen-bond acceptors (Lipinski definition) is 2. The monoisotopic (exact) mass is 402 g/mol. The fourth-order valence-corrected chi connectivity index (χ4v) is 3.37. The maximum absolute atomic E-state index is 14.4. The predicted octanol–water partition coefficient (Wildman–Crippen LogP) is 6.56. The molecule has 0 bridgehead atoms. The average molecular weight is 403 g/mol. The van der Waals surface area contributed by atoms with Crippen LogP contribution in [0.2, 0.25) is 0 Å². The van der Waals surface area contributed by atoms with Crippen molar-refractivity contribution in [1.29, 1.82) is 0 Å². The second-order valence-corrected chi connectivity index (χ2v) is 7.42. The number of carbonyl (C=O) groups excluding carboxylic acids is 1. The minimum Gasteiger partial charge on any atom is -0.483 e. The molecule has 1 aromatic carbocycles. The number of alkyl halides is 2.